The second kappa shape index (κ2) is 12.6. The van der Waals surface area contributed by atoms with E-state index in [9.17, 15) is 4.79 Å². The Morgan fingerprint density at radius 2 is 1.93 bits per heavy atom. The Labute approximate surface area is 272 Å². The SMILES string of the molecule is C=CC(=O)Nc1cc(Nc2cc(N3OCC[C@@H]3c3ccc(Cl)c(Cl)c3)ncn2)c(OC)cc1N1CCC(N2CC3OCC32)CC1. The van der Waals surface area contributed by atoms with Crippen LogP contribution in [0.3, 0.4) is 0 Å². The highest BCUT2D eigenvalue weighted by molar-refractivity contribution is 6.42. The fourth-order valence-corrected chi connectivity index (χ4v) is 6.94. The quantitative estimate of drug-likeness (QED) is 0.284. The first-order valence-corrected chi connectivity index (χ1v) is 15.9. The molecule has 4 aliphatic heterocycles. The molecule has 2 unspecified atom stereocenters. The lowest BCUT2D eigenvalue weighted by molar-refractivity contribution is -0.228. The zero-order valence-electron chi connectivity index (χ0n) is 24.9. The van der Waals surface area contributed by atoms with Crippen LogP contribution in [0.5, 0.6) is 5.75 Å². The third-order valence-electron chi connectivity index (χ3n) is 9.14. The van der Waals surface area contributed by atoms with Gasteiger partial charge in [0.2, 0.25) is 5.91 Å². The number of fused-ring (bicyclic) bond motifs is 1. The Hall–Kier alpha value is -3.61. The summed E-state index contributed by atoms with van der Waals surface area (Å²) < 4.78 is 11.4. The smallest absolute Gasteiger partial charge is 0.247 e. The summed E-state index contributed by atoms with van der Waals surface area (Å²) in [7, 11) is 1.63. The molecule has 4 fully saturated rings. The summed E-state index contributed by atoms with van der Waals surface area (Å²) in [4.78, 5) is 32.3. The van der Waals surface area contributed by atoms with Gasteiger partial charge in [0.25, 0.3) is 0 Å². The minimum Gasteiger partial charge on any atom is -0.494 e. The summed E-state index contributed by atoms with van der Waals surface area (Å²) >= 11 is 12.5. The van der Waals surface area contributed by atoms with Crippen LogP contribution in [0.2, 0.25) is 10.0 Å². The van der Waals surface area contributed by atoms with Gasteiger partial charge in [-0.2, -0.15) is 0 Å². The molecule has 3 aromatic rings. The number of carbonyl (C=O) groups is 1. The molecule has 0 bridgehead atoms. The highest BCUT2D eigenvalue weighted by Crippen LogP contribution is 2.42. The first-order valence-electron chi connectivity index (χ1n) is 15.2. The van der Waals surface area contributed by atoms with Crippen LogP contribution in [0.1, 0.15) is 30.9 Å². The van der Waals surface area contributed by atoms with Crippen molar-refractivity contribution in [1.29, 1.82) is 0 Å². The molecule has 3 atom stereocenters. The van der Waals surface area contributed by atoms with Crippen molar-refractivity contribution in [3.63, 3.8) is 0 Å². The van der Waals surface area contributed by atoms with E-state index in [0.29, 0.717) is 63.6 Å². The van der Waals surface area contributed by atoms with Gasteiger partial charge in [-0.25, -0.2) is 15.0 Å². The normalized spacial score (nSPS) is 23.1. The van der Waals surface area contributed by atoms with E-state index in [0.717, 1.165) is 56.8 Å². The number of rotatable bonds is 9. The van der Waals surface area contributed by atoms with Crippen LogP contribution < -0.4 is 25.3 Å². The lowest BCUT2D eigenvalue weighted by atomic mass is 9.89. The zero-order chi connectivity index (χ0) is 31.1. The van der Waals surface area contributed by atoms with Gasteiger partial charge in [0.1, 0.15) is 17.9 Å². The molecule has 0 spiro atoms. The number of hydroxylamine groups is 1. The second-order valence-electron chi connectivity index (χ2n) is 11.6. The molecule has 236 valence electrons. The van der Waals surface area contributed by atoms with E-state index < -0.39 is 0 Å². The van der Waals surface area contributed by atoms with Crippen molar-refractivity contribution >= 4 is 57.8 Å². The number of hydrogen-bond acceptors (Lipinski definition) is 10. The Balaban J connectivity index is 1.12. The van der Waals surface area contributed by atoms with E-state index >= 15 is 0 Å². The molecule has 0 saturated carbocycles. The van der Waals surface area contributed by atoms with Gasteiger partial charge >= 0.3 is 0 Å². The number of halogens is 2. The standard InChI is InChI=1S/C32H35Cl2N7O4/c1-3-32(42)38-23-13-24(28(43-2)14-26(23)39-9-6-20(7-10-39)40-16-29-27(40)17-44-29)37-30-15-31(36-18-35-30)41-25(8-11-45-41)19-4-5-21(33)22(34)12-19/h3-5,12-15,18,20,25,27,29H,1,6-11,16-17H2,2H3,(H,38,42)(H,35,36,37)/t25-,27?,29?/m1/s1. The lowest BCUT2D eigenvalue weighted by Crippen LogP contribution is -2.73. The number of anilines is 5. The lowest BCUT2D eigenvalue weighted by Gasteiger charge is -2.58. The number of nitrogens with zero attached hydrogens (tertiary/aromatic N) is 5. The number of piperidine rings is 1. The van der Waals surface area contributed by atoms with Crippen molar-refractivity contribution in [1.82, 2.24) is 14.9 Å². The molecule has 45 heavy (non-hydrogen) atoms. The molecule has 2 aromatic carbocycles. The topological polar surface area (TPSA) is 104 Å². The molecule has 0 aliphatic carbocycles. The average Bonchev–Trinajstić information content (AvgIpc) is 3.54. The largest absolute Gasteiger partial charge is 0.494 e. The summed E-state index contributed by atoms with van der Waals surface area (Å²) in [6.45, 7) is 7.81. The molecule has 2 N–H and O–H groups in total. The summed E-state index contributed by atoms with van der Waals surface area (Å²) in [5, 5.41) is 9.12. The zero-order valence-corrected chi connectivity index (χ0v) is 26.4. The maximum Gasteiger partial charge on any atom is 0.247 e. The molecule has 7 rings (SSSR count). The number of aromatic nitrogens is 2. The Kier molecular flexibility index (Phi) is 8.45. The summed E-state index contributed by atoms with van der Waals surface area (Å²) in [5.74, 6) is 1.45. The van der Waals surface area contributed by atoms with Crippen molar-refractivity contribution in [3.05, 3.63) is 71.0 Å². The molecule has 13 heteroatoms. The Morgan fingerprint density at radius 1 is 1.09 bits per heavy atom. The van der Waals surface area contributed by atoms with Crippen LogP contribution in [-0.4, -0.2) is 78.9 Å². The number of morpholine rings is 1. The van der Waals surface area contributed by atoms with Crippen LogP contribution in [0.25, 0.3) is 0 Å². The molecule has 11 nitrogen and oxygen atoms in total. The van der Waals surface area contributed by atoms with Crippen molar-refractivity contribution in [2.24, 2.45) is 0 Å². The fraction of sp³-hybridized carbons (Fsp3) is 0.406. The van der Waals surface area contributed by atoms with Crippen molar-refractivity contribution in [3.8, 4) is 5.75 Å². The number of nitrogens with one attached hydrogen (secondary N) is 2. The minimum absolute atomic E-state index is 0.0919. The second-order valence-corrected chi connectivity index (χ2v) is 12.5. The number of amides is 1. The molecule has 4 saturated heterocycles. The van der Waals surface area contributed by atoms with Crippen molar-refractivity contribution < 1.29 is 19.1 Å². The maximum atomic E-state index is 12.5. The summed E-state index contributed by atoms with van der Waals surface area (Å²) in [6, 6.07) is 12.3. The monoisotopic (exact) mass is 651 g/mol. The molecule has 1 aromatic heterocycles. The van der Waals surface area contributed by atoms with E-state index in [-0.39, 0.29) is 11.9 Å². The predicted octanol–water partition coefficient (Wildman–Crippen LogP) is 5.59. The number of hydrogen-bond donors (Lipinski definition) is 2. The van der Waals surface area contributed by atoms with Crippen LogP contribution in [0.15, 0.2) is 55.4 Å². The van der Waals surface area contributed by atoms with Gasteiger partial charge in [0, 0.05) is 44.2 Å². The predicted molar refractivity (Wildman–Crippen MR) is 175 cm³/mol. The number of likely N-dealkylation sites (tertiary alicyclic amines) is 1. The van der Waals surface area contributed by atoms with E-state index in [4.69, 9.17) is 37.5 Å². The van der Waals surface area contributed by atoms with Gasteiger partial charge in [0.05, 0.1) is 65.6 Å². The summed E-state index contributed by atoms with van der Waals surface area (Å²) in [6.07, 6.45) is 6.04. The Bertz CT molecular complexity index is 1600. The molecule has 1 amide bonds. The average molecular weight is 653 g/mol. The van der Waals surface area contributed by atoms with Crippen LogP contribution in [0.4, 0.5) is 28.7 Å². The van der Waals surface area contributed by atoms with Crippen LogP contribution >= 0.6 is 23.2 Å². The van der Waals surface area contributed by atoms with Gasteiger partial charge < -0.3 is 25.0 Å². The molecule has 5 heterocycles. The highest BCUT2D eigenvalue weighted by Gasteiger charge is 2.50. The van der Waals surface area contributed by atoms with E-state index in [1.54, 1.807) is 18.2 Å². The van der Waals surface area contributed by atoms with Gasteiger partial charge in [-0.1, -0.05) is 35.8 Å². The number of ether oxygens (including phenoxy) is 2. The van der Waals surface area contributed by atoms with Gasteiger partial charge in [-0.05, 0) is 42.7 Å². The van der Waals surface area contributed by atoms with Crippen molar-refractivity contribution in [2.75, 3.05) is 60.6 Å². The maximum absolute atomic E-state index is 12.5. The third kappa shape index (κ3) is 5.91. The van der Waals surface area contributed by atoms with Crippen LogP contribution in [-0.2, 0) is 14.4 Å². The third-order valence-corrected chi connectivity index (χ3v) is 9.88. The van der Waals surface area contributed by atoms with Gasteiger partial charge in [-0.3, -0.25) is 14.5 Å². The van der Waals surface area contributed by atoms with E-state index in [1.165, 1.54) is 12.4 Å². The van der Waals surface area contributed by atoms with Crippen molar-refractivity contribution in [2.45, 2.75) is 43.5 Å². The van der Waals surface area contributed by atoms with E-state index in [2.05, 4.69) is 37.0 Å². The highest BCUT2D eigenvalue weighted by atomic mass is 35.5. The number of benzene rings is 2. The molecule has 0 radical (unpaired) electrons. The first-order chi connectivity index (χ1) is 21.9. The Morgan fingerprint density at radius 3 is 2.62 bits per heavy atom. The van der Waals surface area contributed by atoms with Crippen LogP contribution in [0, 0.1) is 0 Å². The molecular weight excluding hydrogens is 617 g/mol. The summed E-state index contributed by atoms with van der Waals surface area (Å²) in [5.41, 5.74) is 3.18. The minimum atomic E-state index is -0.289. The first kappa shape index (κ1) is 30.1. The van der Waals surface area contributed by atoms with Gasteiger partial charge in [-0.15, -0.1) is 0 Å². The molecule has 4 aliphatic rings. The number of methoxy groups -OCH3 is 1. The fourth-order valence-electron chi connectivity index (χ4n) is 6.64. The number of carbonyl (C=O) groups excluding carboxylic acids is 1. The molecular formula is C32H35Cl2N7O4. The van der Waals surface area contributed by atoms with E-state index in [1.807, 2.05) is 30.3 Å². The van der Waals surface area contributed by atoms with Gasteiger partial charge in [0.15, 0.2) is 5.82 Å².